The van der Waals surface area contributed by atoms with Crippen LogP contribution < -0.4 is 14.8 Å². The van der Waals surface area contributed by atoms with Crippen molar-refractivity contribution in [1.29, 1.82) is 0 Å². The van der Waals surface area contributed by atoms with E-state index in [1.165, 1.54) is 28.9 Å². The molecule has 0 aliphatic heterocycles. The quantitative estimate of drug-likeness (QED) is 0.169. The first-order valence-electron chi connectivity index (χ1n) is 13.4. The Bertz CT molecular complexity index is 1770. The molecule has 0 bridgehead atoms. The SMILES string of the molecule is COc1ccc(CCOc2nc(-c3cccc(C(F)(F)F)c3)n(-c3ccc(NC(=O)c4ccc(C(F)(F)F)cc4)cc3)n2)cc1. The molecule has 4 aromatic carbocycles. The number of ether oxygens (including phenoxy) is 2. The van der Waals surface area contributed by atoms with Crippen LogP contribution in [0.4, 0.5) is 32.0 Å². The number of carbonyl (C=O) groups excluding carboxylic acids is 1. The van der Waals surface area contributed by atoms with Crippen LogP contribution in [0, 0.1) is 0 Å². The van der Waals surface area contributed by atoms with Crippen LogP contribution in [0.5, 0.6) is 11.8 Å². The number of anilines is 1. The summed E-state index contributed by atoms with van der Waals surface area (Å²) in [5.74, 6) is 0.160. The van der Waals surface area contributed by atoms with Gasteiger partial charge >= 0.3 is 18.4 Å². The Labute approximate surface area is 253 Å². The lowest BCUT2D eigenvalue weighted by molar-refractivity contribution is -0.138. The number of rotatable bonds is 9. The van der Waals surface area contributed by atoms with Crippen molar-refractivity contribution in [1.82, 2.24) is 14.8 Å². The lowest BCUT2D eigenvalue weighted by Crippen LogP contribution is -2.13. The second-order valence-electron chi connectivity index (χ2n) is 9.73. The standard InChI is InChI=1S/C32H24F6N4O3/c1-44-27-15-5-20(6-16-27)17-18-45-30-40-28(22-3-2-4-24(19-22)32(36,37)38)42(41-30)26-13-11-25(12-14-26)39-29(43)21-7-9-23(10-8-21)31(33,34)35/h2-16,19H,17-18H2,1H3,(H,39,43). The number of nitrogens with zero attached hydrogens (tertiary/aromatic N) is 3. The van der Waals surface area contributed by atoms with E-state index in [9.17, 15) is 31.1 Å². The predicted molar refractivity (Wildman–Crippen MR) is 153 cm³/mol. The summed E-state index contributed by atoms with van der Waals surface area (Å²) in [4.78, 5) is 17.0. The summed E-state index contributed by atoms with van der Waals surface area (Å²) in [6, 6.07) is 21.8. The van der Waals surface area contributed by atoms with Crippen molar-refractivity contribution in [3.8, 4) is 28.8 Å². The normalized spacial score (nSPS) is 11.7. The molecule has 1 aromatic heterocycles. The molecule has 232 valence electrons. The Hall–Kier alpha value is -5.33. The molecule has 7 nitrogen and oxygen atoms in total. The number of carbonyl (C=O) groups is 1. The van der Waals surface area contributed by atoms with Crippen LogP contribution in [0.15, 0.2) is 97.1 Å². The van der Waals surface area contributed by atoms with E-state index < -0.39 is 29.4 Å². The van der Waals surface area contributed by atoms with Gasteiger partial charge in [0.25, 0.3) is 5.91 Å². The van der Waals surface area contributed by atoms with E-state index in [1.54, 1.807) is 19.2 Å². The highest BCUT2D eigenvalue weighted by atomic mass is 19.4. The number of nitrogens with one attached hydrogen (secondary N) is 1. The fourth-order valence-corrected chi connectivity index (χ4v) is 4.31. The van der Waals surface area contributed by atoms with E-state index in [-0.39, 0.29) is 29.6 Å². The van der Waals surface area contributed by atoms with Crippen molar-refractivity contribution in [3.63, 3.8) is 0 Å². The van der Waals surface area contributed by atoms with Gasteiger partial charge in [-0.1, -0.05) is 24.3 Å². The fraction of sp³-hybridized carbons (Fsp3) is 0.156. The van der Waals surface area contributed by atoms with Gasteiger partial charge in [-0.3, -0.25) is 4.79 Å². The molecule has 0 radical (unpaired) electrons. The second-order valence-corrected chi connectivity index (χ2v) is 9.73. The molecule has 0 unspecified atom stereocenters. The zero-order valence-electron chi connectivity index (χ0n) is 23.5. The van der Waals surface area contributed by atoms with Crippen LogP contribution in [-0.2, 0) is 18.8 Å². The third kappa shape index (κ3) is 7.61. The van der Waals surface area contributed by atoms with Gasteiger partial charge < -0.3 is 14.8 Å². The molecule has 45 heavy (non-hydrogen) atoms. The van der Waals surface area contributed by atoms with Crippen molar-refractivity contribution in [2.75, 3.05) is 19.0 Å². The monoisotopic (exact) mass is 626 g/mol. The van der Waals surface area contributed by atoms with Crippen LogP contribution in [0.2, 0.25) is 0 Å². The maximum atomic E-state index is 13.5. The first kappa shape index (κ1) is 31.1. The third-order valence-corrected chi connectivity index (χ3v) is 6.66. The Morgan fingerprint density at radius 1 is 0.822 bits per heavy atom. The van der Waals surface area contributed by atoms with Crippen LogP contribution in [0.3, 0.4) is 0 Å². The molecule has 0 fully saturated rings. The Morgan fingerprint density at radius 2 is 1.49 bits per heavy atom. The first-order valence-corrected chi connectivity index (χ1v) is 13.4. The Balaban J connectivity index is 1.37. The average Bonchev–Trinajstić information content (AvgIpc) is 3.45. The van der Waals surface area contributed by atoms with Gasteiger partial charge in [-0.25, -0.2) is 4.68 Å². The molecule has 0 saturated heterocycles. The molecule has 0 aliphatic carbocycles. The van der Waals surface area contributed by atoms with Gasteiger partial charge in [-0.05, 0) is 78.4 Å². The van der Waals surface area contributed by atoms with Crippen LogP contribution in [0.25, 0.3) is 17.1 Å². The molecular weight excluding hydrogens is 602 g/mol. The van der Waals surface area contributed by atoms with Crippen LogP contribution in [0.1, 0.15) is 27.0 Å². The number of amides is 1. The van der Waals surface area contributed by atoms with Crippen molar-refractivity contribution < 1.29 is 40.6 Å². The number of aromatic nitrogens is 3. The number of alkyl halides is 6. The van der Waals surface area contributed by atoms with Gasteiger partial charge in [0.2, 0.25) is 0 Å². The summed E-state index contributed by atoms with van der Waals surface area (Å²) in [5, 5.41) is 6.97. The molecule has 1 N–H and O–H groups in total. The summed E-state index contributed by atoms with van der Waals surface area (Å²) in [7, 11) is 1.56. The van der Waals surface area contributed by atoms with Crippen molar-refractivity contribution in [2.45, 2.75) is 18.8 Å². The molecule has 5 aromatic rings. The number of methoxy groups -OCH3 is 1. The Morgan fingerprint density at radius 3 is 2.11 bits per heavy atom. The lowest BCUT2D eigenvalue weighted by atomic mass is 10.1. The van der Waals surface area contributed by atoms with E-state index in [2.05, 4.69) is 15.4 Å². The maximum Gasteiger partial charge on any atom is 0.416 e. The Kier molecular flexibility index (Phi) is 8.80. The van der Waals surface area contributed by atoms with Gasteiger partial charge in [0, 0.05) is 23.2 Å². The minimum atomic E-state index is -4.58. The molecular formula is C32H24F6N4O3. The molecule has 13 heteroatoms. The largest absolute Gasteiger partial charge is 0.497 e. The molecule has 0 aliphatic rings. The zero-order chi connectivity index (χ0) is 32.2. The lowest BCUT2D eigenvalue weighted by Gasteiger charge is -2.11. The highest BCUT2D eigenvalue weighted by molar-refractivity contribution is 6.04. The van der Waals surface area contributed by atoms with Gasteiger partial charge in [-0.2, -0.15) is 31.3 Å². The number of hydrogen-bond donors (Lipinski definition) is 1. The highest BCUT2D eigenvalue weighted by Gasteiger charge is 2.31. The number of halogens is 6. The summed E-state index contributed by atoms with van der Waals surface area (Å²) in [5.41, 5.74) is 0.0958. The van der Waals surface area contributed by atoms with Crippen LogP contribution >= 0.6 is 0 Å². The van der Waals surface area contributed by atoms with Gasteiger partial charge in [-0.15, -0.1) is 5.10 Å². The molecule has 0 atom stereocenters. The molecule has 5 rings (SSSR count). The fourth-order valence-electron chi connectivity index (χ4n) is 4.31. The molecule has 1 amide bonds. The van der Waals surface area contributed by atoms with Crippen molar-refractivity contribution in [3.05, 3.63) is 119 Å². The average molecular weight is 627 g/mol. The van der Waals surface area contributed by atoms with Crippen molar-refractivity contribution >= 4 is 11.6 Å². The van der Waals surface area contributed by atoms with Gasteiger partial charge in [0.1, 0.15) is 5.75 Å². The molecule has 0 spiro atoms. The zero-order valence-corrected chi connectivity index (χ0v) is 23.5. The highest BCUT2D eigenvalue weighted by Crippen LogP contribution is 2.33. The minimum Gasteiger partial charge on any atom is -0.497 e. The molecule has 0 saturated carbocycles. The number of benzene rings is 4. The third-order valence-electron chi connectivity index (χ3n) is 6.66. The first-order chi connectivity index (χ1) is 21.4. The van der Waals surface area contributed by atoms with Crippen LogP contribution in [-0.4, -0.2) is 34.4 Å². The summed E-state index contributed by atoms with van der Waals surface area (Å²) >= 11 is 0. The topological polar surface area (TPSA) is 78.3 Å². The molecule has 1 heterocycles. The number of hydrogen-bond acceptors (Lipinski definition) is 5. The minimum absolute atomic E-state index is 0.0200. The van der Waals surface area contributed by atoms with E-state index in [4.69, 9.17) is 9.47 Å². The second kappa shape index (κ2) is 12.7. The van der Waals surface area contributed by atoms with Gasteiger partial charge in [0.15, 0.2) is 5.82 Å². The smallest absolute Gasteiger partial charge is 0.416 e. The summed E-state index contributed by atoms with van der Waals surface area (Å²) in [6.07, 6.45) is -8.60. The predicted octanol–water partition coefficient (Wildman–Crippen LogP) is 7.85. The van der Waals surface area contributed by atoms with Gasteiger partial charge in [0.05, 0.1) is 30.5 Å². The van der Waals surface area contributed by atoms with Crippen molar-refractivity contribution in [2.24, 2.45) is 0 Å². The van der Waals surface area contributed by atoms with E-state index >= 15 is 0 Å². The van der Waals surface area contributed by atoms with E-state index in [1.807, 2.05) is 24.3 Å². The van der Waals surface area contributed by atoms with E-state index in [0.29, 0.717) is 23.5 Å². The maximum absolute atomic E-state index is 13.5. The van der Waals surface area contributed by atoms with E-state index in [0.717, 1.165) is 42.0 Å². The summed E-state index contributed by atoms with van der Waals surface area (Å²) < 4.78 is 91.2. The summed E-state index contributed by atoms with van der Waals surface area (Å²) in [6.45, 7) is 0.188.